The second-order valence-corrected chi connectivity index (χ2v) is 5.02. The van der Waals surface area contributed by atoms with E-state index in [-0.39, 0.29) is 22.5 Å². The summed E-state index contributed by atoms with van der Waals surface area (Å²) < 4.78 is 27.9. The first-order valence-electron chi connectivity index (χ1n) is 6.89. The van der Waals surface area contributed by atoms with Gasteiger partial charge in [0.25, 0.3) is 5.91 Å². The summed E-state index contributed by atoms with van der Waals surface area (Å²) in [4.78, 5) is 26.6. The standard InChI is InChI=1S/C15H10F2N4O4/c16-8-1-7(2-9(17)3-8)10-4-11(22)13(15(25)18-5-12(23)24)21-14(10)19-6-20-21/h1-4,6,22H,5H2,(H,18,25)(H,23,24). The van der Waals surface area contributed by atoms with Gasteiger partial charge in [0.1, 0.15) is 30.3 Å². The fourth-order valence-corrected chi connectivity index (χ4v) is 2.34. The fraction of sp³-hybridized carbons (Fsp3) is 0.0667. The van der Waals surface area contributed by atoms with Crippen LogP contribution in [-0.2, 0) is 4.79 Å². The summed E-state index contributed by atoms with van der Waals surface area (Å²) in [7, 11) is 0. The van der Waals surface area contributed by atoms with Gasteiger partial charge in [0, 0.05) is 11.6 Å². The molecule has 3 rings (SSSR count). The van der Waals surface area contributed by atoms with Crippen molar-refractivity contribution in [3.63, 3.8) is 0 Å². The number of aromatic nitrogens is 3. The van der Waals surface area contributed by atoms with E-state index in [1.165, 1.54) is 0 Å². The summed E-state index contributed by atoms with van der Waals surface area (Å²) >= 11 is 0. The van der Waals surface area contributed by atoms with Gasteiger partial charge in [0.15, 0.2) is 11.3 Å². The lowest BCUT2D eigenvalue weighted by Gasteiger charge is -2.11. The van der Waals surface area contributed by atoms with Crippen LogP contribution >= 0.6 is 0 Å². The molecule has 0 fully saturated rings. The van der Waals surface area contributed by atoms with E-state index >= 15 is 0 Å². The van der Waals surface area contributed by atoms with Crippen LogP contribution in [0, 0.1) is 11.6 Å². The molecule has 1 amide bonds. The molecule has 10 heteroatoms. The molecule has 0 aliphatic rings. The third-order valence-electron chi connectivity index (χ3n) is 3.31. The lowest BCUT2D eigenvalue weighted by molar-refractivity contribution is -0.135. The highest BCUT2D eigenvalue weighted by atomic mass is 19.1. The molecule has 0 bridgehead atoms. The van der Waals surface area contributed by atoms with Crippen molar-refractivity contribution in [1.82, 2.24) is 19.9 Å². The van der Waals surface area contributed by atoms with Gasteiger partial charge >= 0.3 is 5.97 Å². The van der Waals surface area contributed by atoms with Crippen molar-refractivity contribution in [3.8, 4) is 16.9 Å². The highest BCUT2D eigenvalue weighted by molar-refractivity contribution is 5.98. The van der Waals surface area contributed by atoms with E-state index in [0.29, 0.717) is 6.07 Å². The van der Waals surface area contributed by atoms with Crippen molar-refractivity contribution in [1.29, 1.82) is 0 Å². The van der Waals surface area contributed by atoms with E-state index in [0.717, 1.165) is 29.0 Å². The zero-order chi connectivity index (χ0) is 18.1. The van der Waals surface area contributed by atoms with Gasteiger partial charge < -0.3 is 15.5 Å². The number of carboxylic acids is 1. The van der Waals surface area contributed by atoms with Gasteiger partial charge in [-0.1, -0.05) is 0 Å². The quantitative estimate of drug-likeness (QED) is 0.652. The van der Waals surface area contributed by atoms with Gasteiger partial charge in [-0.25, -0.2) is 18.3 Å². The van der Waals surface area contributed by atoms with Crippen LogP contribution in [0.15, 0.2) is 30.6 Å². The lowest BCUT2D eigenvalue weighted by Crippen LogP contribution is -2.31. The number of nitrogens with one attached hydrogen (secondary N) is 1. The number of hydrogen-bond acceptors (Lipinski definition) is 5. The first-order chi connectivity index (χ1) is 11.9. The maximum Gasteiger partial charge on any atom is 0.322 e. The van der Waals surface area contributed by atoms with E-state index in [9.17, 15) is 23.5 Å². The largest absolute Gasteiger partial charge is 0.505 e. The predicted molar refractivity (Wildman–Crippen MR) is 80.0 cm³/mol. The summed E-state index contributed by atoms with van der Waals surface area (Å²) in [6, 6.07) is 3.87. The minimum atomic E-state index is -1.27. The zero-order valence-corrected chi connectivity index (χ0v) is 12.4. The van der Waals surface area contributed by atoms with Crippen molar-refractivity contribution in [2.75, 3.05) is 6.54 Å². The molecule has 0 atom stereocenters. The Morgan fingerprint density at radius 3 is 2.48 bits per heavy atom. The lowest BCUT2D eigenvalue weighted by atomic mass is 10.1. The molecule has 0 saturated heterocycles. The number of benzene rings is 1. The monoisotopic (exact) mass is 348 g/mol. The minimum Gasteiger partial charge on any atom is -0.505 e. The average Bonchev–Trinajstić information content (AvgIpc) is 2.99. The van der Waals surface area contributed by atoms with Crippen molar-refractivity contribution < 1.29 is 28.6 Å². The molecule has 25 heavy (non-hydrogen) atoms. The number of amides is 1. The smallest absolute Gasteiger partial charge is 0.322 e. The van der Waals surface area contributed by atoms with Crippen LogP contribution in [0.1, 0.15) is 10.5 Å². The Hall–Kier alpha value is -3.56. The van der Waals surface area contributed by atoms with Crippen molar-refractivity contribution in [2.24, 2.45) is 0 Å². The van der Waals surface area contributed by atoms with Crippen LogP contribution in [0.25, 0.3) is 16.8 Å². The Morgan fingerprint density at radius 1 is 1.16 bits per heavy atom. The number of aromatic hydroxyl groups is 1. The van der Waals surface area contributed by atoms with Crippen LogP contribution < -0.4 is 5.32 Å². The molecule has 8 nitrogen and oxygen atoms in total. The van der Waals surface area contributed by atoms with Gasteiger partial charge in [-0.2, -0.15) is 5.10 Å². The molecule has 0 spiro atoms. The highest BCUT2D eigenvalue weighted by Crippen LogP contribution is 2.30. The molecule has 3 aromatic rings. The van der Waals surface area contributed by atoms with E-state index in [1.54, 1.807) is 0 Å². The number of nitrogens with zero attached hydrogens (tertiary/aromatic N) is 3. The molecule has 0 aliphatic heterocycles. The van der Waals surface area contributed by atoms with Crippen LogP contribution in [-0.4, -0.2) is 43.2 Å². The number of rotatable bonds is 4. The Kier molecular flexibility index (Phi) is 4.01. The maximum atomic E-state index is 13.5. The van der Waals surface area contributed by atoms with E-state index in [2.05, 4.69) is 15.4 Å². The van der Waals surface area contributed by atoms with Crippen LogP contribution in [0.3, 0.4) is 0 Å². The molecule has 2 aromatic heterocycles. The molecule has 1 aromatic carbocycles. The van der Waals surface area contributed by atoms with E-state index in [4.69, 9.17) is 5.11 Å². The average molecular weight is 348 g/mol. The Bertz CT molecular complexity index is 982. The summed E-state index contributed by atoms with van der Waals surface area (Å²) in [5.74, 6) is -4.37. The summed E-state index contributed by atoms with van der Waals surface area (Å²) in [5.41, 5.74) is -0.0656. The highest BCUT2D eigenvalue weighted by Gasteiger charge is 2.21. The fourth-order valence-electron chi connectivity index (χ4n) is 2.34. The number of carboxylic acid groups (broad SMARTS) is 1. The number of carbonyl (C=O) groups excluding carboxylic acids is 1. The van der Waals surface area contributed by atoms with Crippen LogP contribution in [0.4, 0.5) is 8.78 Å². The number of halogens is 2. The Morgan fingerprint density at radius 2 is 1.84 bits per heavy atom. The zero-order valence-electron chi connectivity index (χ0n) is 12.4. The topological polar surface area (TPSA) is 117 Å². The Balaban J connectivity index is 2.15. The SMILES string of the molecule is O=C(O)CNC(=O)c1c(O)cc(-c2cc(F)cc(F)c2)c2ncnn12. The van der Waals surface area contributed by atoms with E-state index in [1.807, 2.05) is 0 Å². The molecule has 0 unspecified atom stereocenters. The van der Waals surface area contributed by atoms with Crippen LogP contribution in [0.5, 0.6) is 5.75 Å². The number of fused-ring (bicyclic) bond motifs is 1. The number of aliphatic carboxylic acids is 1. The predicted octanol–water partition coefficient (Wildman–Crippen LogP) is 1.19. The first kappa shape index (κ1) is 16.3. The molecule has 2 heterocycles. The summed E-state index contributed by atoms with van der Waals surface area (Å²) in [5, 5.41) is 24.7. The third-order valence-corrected chi connectivity index (χ3v) is 3.31. The molecule has 0 saturated carbocycles. The molecular weight excluding hydrogens is 338 g/mol. The van der Waals surface area contributed by atoms with E-state index < -0.39 is 35.8 Å². The van der Waals surface area contributed by atoms with Crippen LogP contribution in [0.2, 0.25) is 0 Å². The van der Waals surface area contributed by atoms with Gasteiger partial charge in [-0.15, -0.1) is 0 Å². The van der Waals surface area contributed by atoms with Crippen molar-refractivity contribution >= 4 is 17.5 Å². The normalized spacial score (nSPS) is 10.8. The second-order valence-electron chi connectivity index (χ2n) is 5.02. The molecule has 128 valence electrons. The third kappa shape index (κ3) is 3.09. The van der Waals surface area contributed by atoms with Gasteiger partial charge in [0.05, 0.1) is 0 Å². The number of hydrogen-bond donors (Lipinski definition) is 3. The first-order valence-corrected chi connectivity index (χ1v) is 6.89. The van der Waals surface area contributed by atoms with Crippen molar-refractivity contribution in [3.05, 3.63) is 47.9 Å². The van der Waals surface area contributed by atoms with Gasteiger partial charge in [-0.3, -0.25) is 9.59 Å². The molecule has 0 aliphatic carbocycles. The molecular formula is C15H10F2N4O4. The van der Waals surface area contributed by atoms with Gasteiger partial charge in [-0.05, 0) is 23.8 Å². The summed E-state index contributed by atoms with van der Waals surface area (Å²) in [6.07, 6.45) is 1.09. The molecule has 3 N–H and O–H groups in total. The minimum absolute atomic E-state index is 0.0586. The van der Waals surface area contributed by atoms with Crippen molar-refractivity contribution in [2.45, 2.75) is 0 Å². The molecule has 0 radical (unpaired) electrons. The summed E-state index contributed by atoms with van der Waals surface area (Å²) in [6.45, 7) is -0.661. The maximum absolute atomic E-state index is 13.5. The second kappa shape index (κ2) is 6.15. The van der Waals surface area contributed by atoms with Gasteiger partial charge in [0.2, 0.25) is 0 Å². The number of pyridine rings is 1. The number of carbonyl (C=O) groups is 2. The Labute approximate surface area is 138 Å².